The van der Waals surface area contributed by atoms with Crippen LogP contribution in [0.15, 0.2) is 18.6 Å². The van der Waals surface area contributed by atoms with Crippen LogP contribution in [-0.4, -0.2) is 40.8 Å². The van der Waals surface area contributed by atoms with Gasteiger partial charge in [0.25, 0.3) is 0 Å². The first-order chi connectivity index (χ1) is 10.3. The molecule has 0 bridgehead atoms. The average molecular weight is 329 g/mol. The van der Waals surface area contributed by atoms with Gasteiger partial charge in [0.2, 0.25) is 0 Å². The lowest BCUT2D eigenvalue weighted by Crippen LogP contribution is -2.31. The number of hydrogen-bond acceptors (Lipinski definition) is 7. The first-order valence-corrected chi connectivity index (χ1v) is 8.19. The molecule has 9 nitrogen and oxygen atoms in total. The minimum atomic E-state index is -4.02. The van der Waals surface area contributed by atoms with Gasteiger partial charge < -0.3 is 15.4 Å². The zero-order valence-electron chi connectivity index (χ0n) is 12.1. The molecular weight excluding hydrogens is 310 g/mol. The molecule has 0 unspecified atom stereocenters. The van der Waals surface area contributed by atoms with Gasteiger partial charge in [0, 0.05) is 12.1 Å². The van der Waals surface area contributed by atoms with E-state index >= 15 is 0 Å². The van der Waals surface area contributed by atoms with Crippen molar-refractivity contribution in [1.82, 2.24) is 14.5 Å². The van der Waals surface area contributed by atoms with Crippen LogP contribution in [-0.2, 0) is 21.0 Å². The van der Waals surface area contributed by atoms with Crippen molar-refractivity contribution >= 4 is 27.2 Å². The Morgan fingerprint density at radius 3 is 2.82 bits per heavy atom. The van der Waals surface area contributed by atoms with Crippen molar-refractivity contribution in [3.8, 4) is 0 Å². The number of fused-ring (bicyclic) bond motifs is 1. The molecule has 5 N–H and O–H groups in total. The number of nitrogen functional groups attached to an aromatic ring is 1. The van der Waals surface area contributed by atoms with Crippen molar-refractivity contribution in [1.29, 1.82) is 0 Å². The van der Waals surface area contributed by atoms with Crippen LogP contribution in [0, 0.1) is 5.92 Å². The highest BCUT2D eigenvalue weighted by atomic mass is 32.2. The van der Waals surface area contributed by atoms with Gasteiger partial charge in [-0.2, -0.15) is 8.42 Å². The molecule has 2 heterocycles. The third-order valence-electron chi connectivity index (χ3n) is 3.49. The number of nitrogens with zero attached hydrogens (tertiary/aromatic N) is 3. The van der Waals surface area contributed by atoms with Crippen LogP contribution in [0.4, 0.5) is 5.82 Å². The Morgan fingerprint density at radius 1 is 1.45 bits per heavy atom. The molecule has 0 fully saturated rings. The highest BCUT2D eigenvalue weighted by molar-refractivity contribution is 7.84. The summed E-state index contributed by atoms with van der Waals surface area (Å²) in [5.74, 6) is -0.0159. The number of hydrogen-bond donors (Lipinski definition) is 3. The molecule has 122 valence electrons. The fraction of sp³-hybridized carbons (Fsp3) is 0.500. The summed E-state index contributed by atoms with van der Waals surface area (Å²) in [5.41, 5.74) is 6.36. The number of aliphatic hydroxyl groups excluding tert-OH is 1. The molecule has 0 radical (unpaired) electrons. The molecule has 2 aromatic heterocycles. The summed E-state index contributed by atoms with van der Waals surface area (Å²) in [6.45, 7) is 1.88. The Labute approximate surface area is 128 Å². The molecule has 10 heteroatoms. The Balaban J connectivity index is 2.12. The second kappa shape index (κ2) is 6.57. The lowest BCUT2D eigenvalue weighted by atomic mass is 10.0. The fourth-order valence-corrected chi connectivity index (χ4v) is 2.57. The number of nitrogens with two attached hydrogens (primary N) is 2. The molecule has 2 aromatic rings. The van der Waals surface area contributed by atoms with Gasteiger partial charge in [-0.05, 0) is 12.5 Å². The summed E-state index contributed by atoms with van der Waals surface area (Å²) in [7, 11) is -4.02. The first kappa shape index (κ1) is 16.6. The summed E-state index contributed by atoms with van der Waals surface area (Å²) in [4.78, 5) is 8.04. The van der Waals surface area contributed by atoms with E-state index < -0.39 is 16.4 Å². The monoisotopic (exact) mass is 329 g/mol. The topological polar surface area (TPSA) is 146 Å². The molecule has 0 saturated carbocycles. The van der Waals surface area contributed by atoms with Crippen molar-refractivity contribution in [2.75, 3.05) is 12.3 Å². The fourth-order valence-electron chi connectivity index (χ4n) is 2.20. The van der Waals surface area contributed by atoms with Gasteiger partial charge in [-0.25, -0.2) is 15.1 Å². The maximum Gasteiger partial charge on any atom is 0.333 e. The van der Waals surface area contributed by atoms with Crippen LogP contribution in [0.25, 0.3) is 11.0 Å². The number of aliphatic hydroxyl groups is 1. The summed E-state index contributed by atoms with van der Waals surface area (Å²) in [6, 6.07) is 1.76. The van der Waals surface area contributed by atoms with E-state index in [-0.39, 0.29) is 19.1 Å². The predicted octanol–water partition coefficient (Wildman–Crippen LogP) is -0.379. The molecule has 0 amide bonds. The predicted molar refractivity (Wildman–Crippen MR) is 80.8 cm³/mol. The lowest BCUT2D eigenvalue weighted by molar-refractivity contribution is 0.0616. The molecule has 0 aromatic carbocycles. The highest BCUT2D eigenvalue weighted by Crippen LogP contribution is 2.20. The van der Waals surface area contributed by atoms with Crippen LogP contribution in [0.3, 0.4) is 0 Å². The van der Waals surface area contributed by atoms with Crippen LogP contribution in [0.2, 0.25) is 0 Å². The molecule has 0 spiro atoms. The molecule has 0 aliphatic rings. The van der Waals surface area contributed by atoms with E-state index in [0.717, 1.165) is 0 Å². The van der Waals surface area contributed by atoms with E-state index in [9.17, 15) is 13.5 Å². The molecule has 2 rings (SSSR count). The zero-order chi connectivity index (χ0) is 16.3. The smallest absolute Gasteiger partial charge is 0.333 e. The standard InChI is InChI=1S/C12H19N5O4S/c1-2-8(6-21-22(14,19)20)10(18)5-17-4-3-9-11(13)15-7-16-12(9)17/h3-4,7-8,10,18H,2,5-6H2,1H3,(H2,13,15,16)(H2,14,19,20)/t8-,10-/m0/s1. The van der Waals surface area contributed by atoms with Gasteiger partial charge in [0.15, 0.2) is 0 Å². The van der Waals surface area contributed by atoms with E-state index in [4.69, 9.17) is 10.9 Å². The second-order valence-corrected chi connectivity index (χ2v) is 6.20. The minimum Gasteiger partial charge on any atom is -0.391 e. The SMILES string of the molecule is CC[C@@H](COS(N)(=O)=O)[C@@H](O)Cn1ccc2c(N)ncnc21. The summed E-state index contributed by atoms with van der Waals surface area (Å²) in [5, 5.41) is 15.8. The molecule has 22 heavy (non-hydrogen) atoms. The second-order valence-electron chi connectivity index (χ2n) is 4.98. The zero-order valence-corrected chi connectivity index (χ0v) is 12.9. The third kappa shape index (κ3) is 3.91. The van der Waals surface area contributed by atoms with Crippen molar-refractivity contribution in [3.05, 3.63) is 18.6 Å². The van der Waals surface area contributed by atoms with Gasteiger partial charge in [-0.15, -0.1) is 0 Å². The van der Waals surface area contributed by atoms with E-state index in [1.54, 1.807) is 16.8 Å². The summed E-state index contributed by atoms with van der Waals surface area (Å²) >= 11 is 0. The normalized spacial score (nSPS) is 15.0. The van der Waals surface area contributed by atoms with Crippen LogP contribution in [0.1, 0.15) is 13.3 Å². The molecule has 0 aliphatic carbocycles. The van der Waals surface area contributed by atoms with Gasteiger partial charge in [-0.1, -0.05) is 6.92 Å². The molecule has 0 aliphatic heterocycles. The number of aromatic nitrogens is 3. The Bertz CT molecular complexity index is 745. The van der Waals surface area contributed by atoms with E-state index in [0.29, 0.717) is 23.3 Å². The summed E-state index contributed by atoms with van der Waals surface area (Å²) in [6.07, 6.45) is 2.81. The quantitative estimate of drug-likeness (QED) is 0.627. The van der Waals surface area contributed by atoms with Gasteiger partial charge in [-0.3, -0.25) is 4.18 Å². The van der Waals surface area contributed by atoms with Crippen LogP contribution >= 0.6 is 0 Å². The van der Waals surface area contributed by atoms with Crippen molar-refractivity contribution in [2.24, 2.45) is 11.1 Å². The van der Waals surface area contributed by atoms with E-state index in [1.807, 2.05) is 6.92 Å². The Kier molecular flexibility index (Phi) is 4.96. The van der Waals surface area contributed by atoms with Gasteiger partial charge >= 0.3 is 10.3 Å². The molecular formula is C12H19N5O4S. The maximum absolute atomic E-state index is 10.8. The van der Waals surface area contributed by atoms with Gasteiger partial charge in [0.05, 0.1) is 24.6 Å². The Hall–Kier alpha value is -1.75. The maximum atomic E-state index is 10.8. The van der Waals surface area contributed by atoms with E-state index in [1.165, 1.54) is 6.33 Å². The highest BCUT2D eigenvalue weighted by Gasteiger charge is 2.21. The minimum absolute atomic E-state index is 0.174. The third-order valence-corrected chi connectivity index (χ3v) is 3.95. The lowest BCUT2D eigenvalue weighted by Gasteiger charge is -2.21. The summed E-state index contributed by atoms with van der Waals surface area (Å²) < 4.78 is 28.0. The average Bonchev–Trinajstić information content (AvgIpc) is 2.83. The van der Waals surface area contributed by atoms with Crippen molar-refractivity contribution < 1.29 is 17.7 Å². The van der Waals surface area contributed by atoms with Crippen LogP contribution < -0.4 is 10.9 Å². The number of anilines is 1. The van der Waals surface area contributed by atoms with Crippen molar-refractivity contribution in [2.45, 2.75) is 26.0 Å². The number of rotatable bonds is 7. The van der Waals surface area contributed by atoms with Gasteiger partial charge in [0.1, 0.15) is 17.8 Å². The molecule has 0 saturated heterocycles. The molecule has 2 atom stereocenters. The van der Waals surface area contributed by atoms with E-state index in [2.05, 4.69) is 14.2 Å². The van der Waals surface area contributed by atoms with Crippen LogP contribution in [0.5, 0.6) is 0 Å². The first-order valence-electron chi connectivity index (χ1n) is 6.72. The van der Waals surface area contributed by atoms with Crippen molar-refractivity contribution in [3.63, 3.8) is 0 Å². The largest absolute Gasteiger partial charge is 0.391 e. The Morgan fingerprint density at radius 2 is 2.18 bits per heavy atom.